The lowest BCUT2D eigenvalue weighted by Gasteiger charge is -2.53. The summed E-state index contributed by atoms with van der Waals surface area (Å²) in [4.78, 5) is 43.7. The fourth-order valence-corrected chi connectivity index (χ4v) is 7.09. The van der Waals surface area contributed by atoms with Crippen LogP contribution in [0.3, 0.4) is 0 Å². The van der Waals surface area contributed by atoms with Gasteiger partial charge in [-0.1, -0.05) is 66.7 Å². The van der Waals surface area contributed by atoms with Crippen LogP contribution in [-0.2, 0) is 19.1 Å². The van der Waals surface area contributed by atoms with Crippen molar-refractivity contribution in [3.8, 4) is 0 Å². The molecule has 2 fully saturated rings. The lowest BCUT2D eigenvalue weighted by atomic mass is 10.00. The van der Waals surface area contributed by atoms with E-state index < -0.39 is 22.9 Å². The molecule has 0 saturated carbocycles. The number of amides is 2. The third-order valence-electron chi connectivity index (χ3n) is 6.32. The molecule has 0 bridgehead atoms. The number of fused-ring (bicyclic) bond motifs is 1. The van der Waals surface area contributed by atoms with Crippen molar-refractivity contribution in [3.63, 3.8) is 0 Å². The summed E-state index contributed by atoms with van der Waals surface area (Å²) in [7, 11) is 0. The van der Waals surface area contributed by atoms with Crippen molar-refractivity contribution in [1.29, 1.82) is 0 Å². The Morgan fingerprint density at radius 1 is 1.08 bits per heavy atom. The third kappa shape index (κ3) is 5.28. The number of hydrogen-bond acceptors (Lipinski definition) is 7. The predicted octanol–water partition coefficient (Wildman–Crippen LogP) is 3.89. The van der Waals surface area contributed by atoms with Crippen LogP contribution in [0.25, 0.3) is 6.08 Å². The Balaban J connectivity index is 1.43. The molecule has 1 aromatic heterocycles. The zero-order chi connectivity index (χ0) is 25.7. The molecule has 2 aliphatic rings. The van der Waals surface area contributed by atoms with E-state index in [4.69, 9.17) is 4.74 Å². The highest BCUT2D eigenvalue weighted by molar-refractivity contribution is 8.06. The fraction of sp³-hybridized carbons (Fsp3) is 0.214. The van der Waals surface area contributed by atoms with Gasteiger partial charge in [0.1, 0.15) is 16.2 Å². The summed E-state index contributed by atoms with van der Waals surface area (Å²) in [6.07, 6.45) is 3.51. The van der Waals surface area contributed by atoms with E-state index in [1.54, 1.807) is 11.1 Å². The monoisotopic (exact) mass is 531 g/mol. The van der Waals surface area contributed by atoms with E-state index >= 15 is 0 Å². The Hall–Kier alpha value is -3.56. The van der Waals surface area contributed by atoms with Gasteiger partial charge in [-0.15, -0.1) is 23.5 Å². The smallest absolute Gasteiger partial charge is 0.326 e. The Kier molecular flexibility index (Phi) is 7.62. The molecule has 9 heteroatoms. The fourth-order valence-electron chi connectivity index (χ4n) is 4.40. The zero-order valence-corrected chi connectivity index (χ0v) is 21.4. The van der Waals surface area contributed by atoms with Crippen molar-refractivity contribution in [2.24, 2.45) is 0 Å². The normalized spacial score (nSPS) is 22.8. The SMILES string of the molecule is O=CNC1C(=O)N2CC(SC=Cc3ccccn3)(C(=O)OC(c3ccccc3)c3ccccc3)CS[C@H]12. The van der Waals surface area contributed by atoms with Gasteiger partial charge < -0.3 is 15.0 Å². The average molecular weight is 532 g/mol. The number of pyridine rings is 1. The van der Waals surface area contributed by atoms with E-state index in [2.05, 4.69) is 10.3 Å². The number of ether oxygens (including phenoxy) is 1. The van der Waals surface area contributed by atoms with Gasteiger partial charge >= 0.3 is 5.97 Å². The maximum atomic E-state index is 14.0. The molecule has 7 nitrogen and oxygen atoms in total. The number of carbonyl (C=O) groups excluding carboxylic acids is 3. The molecule has 0 aliphatic carbocycles. The molecule has 3 atom stereocenters. The van der Waals surface area contributed by atoms with Gasteiger partial charge in [-0.05, 0) is 34.7 Å². The number of β-lactam (4-membered cyclic amide) rings is 1. The molecule has 2 aromatic carbocycles. The molecule has 188 valence electrons. The summed E-state index contributed by atoms with van der Waals surface area (Å²) in [5.74, 6) is -0.171. The number of aromatic nitrogens is 1. The van der Waals surface area contributed by atoms with E-state index in [0.29, 0.717) is 12.2 Å². The standard InChI is InChI=1S/C28H25N3O4S2/c32-19-30-23-25(33)31-17-28(18-36-26(23)31,37-16-14-22-13-7-8-15-29-22)27(34)35-24(20-9-3-1-4-10-20)21-11-5-2-6-12-21/h1-16,19,23-24,26H,17-18H2,(H,30,32)/t23?,26-,28?/m1/s1. The first-order valence-corrected chi connectivity index (χ1v) is 13.7. The number of hydrogen-bond donors (Lipinski definition) is 1. The van der Waals surface area contributed by atoms with E-state index in [1.807, 2.05) is 90.3 Å². The second-order valence-corrected chi connectivity index (χ2v) is 11.1. The Bertz CT molecular complexity index is 1240. The summed E-state index contributed by atoms with van der Waals surface area (Å²) in [5.41, 5.74) is 2.49. The van der Waals surface area contributed by atoms with Crippen LogP contribution in [0.5, 0.6) is 0 Å². The highest BCUT2D eigenvalue weighted by atomic mass is 32.2. The Morgan fingerprint density at radius 3 is 2.38 bits per heavy atom. The number of rotatable bonds is 9. The molecule has 3 heterocycles. The minimum atomic E-state index is -1.03. The van der Waals surface area contributed by atoms with Gasteiger partial charge in [0, 0.05) is 18.5 Å². The second-order valence-electron chi connectivity index (χ2n) is 8.71. The highest BCUT2D eigenvalue weighted by Crippen LogP contribution is 2.45. The van der Waals surface area contributed by atoms with Gasteiger partial charge in [-0.2, -0.15) is 0 Å². The van der Waals surface area contributed by atoms with Crippen LogP contribution in [0.1, 0.15) is 22.9 Å². The van der Waals surface area contributed by atoms with Gasteiger partial charge in [0.25, 0.3) is 0 Å². The van der Waals surface area contributed by atoms with Crippen molar-refractivity contribution < 1.29 is 19.1 Å². The number of nitrogens with zero attached hydrogens (tertiary/aromatic N) is 2. The van der Waals surface area contributed by atoms with Crippen molar-refractivity contribution in [1.82, 2.24) is 15.2 Å². The zero-order valence-electron chi connectivity index (χ0n) is 19.8. The highest BCUT2D eigenvalue weighted by Gasteiger charge is 2.58. The van der Waals surface area contributed by atoms with Gasteiger partial charge in [0.05, 0.1) is 5.69 Å². The summed E-state index contributed by atoms with van der Waals surface area (Å²) >= 11 is 2.81. The number of benzene rings is 2. The van der Waals surface area contributed by atoms with Crippen molar-refractivity contribution in [2.75, 3.05) is 12.3 Å². The van der Waals surface area contributed by atoms with Crippen LogP contribution < -0.4 is 5.32 Å². The van der Waals surface area contributed by atoms with E-state index in [0.717, 1.165) is 16.8 Å². The summed E-state index contributed by atoms with van der Waals surface area (Å²) in [6, 6.07) is 24.3. The number of nitrogens with one attached hydrogen (secondary N) is 1. The number of thioether (sulfide) groups is 2. The average Bonchev–Trinajstić information content (AvgIpc) is 2.96. The minimum Gasteiger partial charge on any atom is -0.451 e. The first kappa shape index (κ1) is 25.1. The molecular formula is C28H25N3O4S2. The first-order valence-electron chi connectivity index (χ1n) is 11.8. The molecule has 0 spiro atoms. The van der Waals surface area contributed by atoms with Crippen molar-refractivity contribution in [2.45, 2.75) is 22.3 Å². The first-order chi connectivity index (χ1) is 18.1. The number of esters is 1. The molecule has 1 N–H and O–H groups in total. The lowest BCUT2D eigenvalue weighted by Crippen LogP contribution is -2.74. The molecule has 0 radical (unpaired) electrons. The van der Waals surface area contributed by atoms with E-state index in [9.17, 15) is 14.4 Å². The van der Waals surface area contributed by atoms with Crippen LogP contribution in [-0.4, -0.2) is 56.6 Å². The maximum Gasteiger partial charge on any atom is 0.326 e. The molecule has 2 aliphatic heterocycles. The van der Waals surface area contributed by atoms with Crippen LogP contribution in [0.4, 0.5) is 0 Å². The molecular weight excluding hydrogens is 506 g/mol. The molecule has 37 heavy (non-hydrogen) atoms. The van der Waals surface area contributed by atoms with Crippen LogP contribution >= 0.6 is 23.5 Å². The number of carbonyl (C=O) groups is 3. The topological polar surface area (TPSA) is 88.6 Å². The Morgan fingerprint density at radius 2 is 1.76 bits per heavy atom. The molecule has 3 aromatic rings. The van der Waals surface area contributed by atoms with Crippen LogP contribution in [0.15, 0.2) is 90.5 Å². The van der Waals surface area contributed by atoms with Gasteiger partial charge in [0.15, 0.2) is 6.10 Å². The third-order valence-corrected chi connectivity index (χ3v) is 9.20. The second kappa shape index (κ2) is 11.2. The minimum absolute atomic E-state index is 0.187. The summed E-state index contributed by atoms with van der Waals surface area (Å²) in [6.45, 7) is 0.187. The maximum absolute atomic E-state index is 14.0. The Labute approximate surface area is 223 Å². The van der Waals surface area contributed by atoms with Gasteiger partial charge in [-0.3, -0.25) is 19.4 Å². The van der Waals surface area contributed by atoms with E-state index in [1.165, 1.54) is 23.5 Å². The lowest BCUT2D eigenvalue weighted by molar-refractivity contribution is -0.155. The van der Waals surface area contributed by atoms with Crippen LogP contribution in [0.2, 0.25) is 0 Å². The van der Waals surface area contributed by atoms with Crippen LogP contribution in [0, 0.1) is 0 Å². The van der Waals surface area contributed by atoms with Crippen molar-refractivity contribution >= 4 is 47.9 Å². The molecule has 2 saturated heterocycles. The molecule has 2 amide bonds. The molecule has 2 unspecified atom stereocenters. The molecule has 5 rings (SSSR count). The van der Waals surface area contributed by atoms with Gasteiger partial charge in [-0.25, -0.2) is 0 Å². The summed E-state index contributed by atoms with van der Waals surface area (Å²) < 4.78 is 5.22. The largest absolute Gasteiger partial charge is 0.451 e. The predicted molar refractivity (Wildman–Crippen MR) is 145 cm³/mol. The quantitative estimate of drug-likeness (QED) is 0.255. The summed E-state index contributed by atoms with van der Waals surface area (Å²) in [5, 5.41) is 4.24. The van der Waals surface area contributed by atoms with Gasteiger partial charge in [0.2, 0.25) is 12.3 Å². The van der Waals surface area contributed by atoms with Crippen molar-refractivity contribution in [3.05, 3.63) is 107 Å². The van der Waals surface area contributed by atoms with E-state index in [-0.39, 0.29) is 17.8 Å².